The van der Waals surface area contributed by atoms with E-state index < -0.39 is 0 Å². The highest BCUT2D eigenvalue weighted by atomic mass is 32.1. The Hall–Kier alpha value is -2.27. The van der Waals surface area contributed by atoms with Crippen LogP contribution in [0.4, 0.5) is 11.4 Å². The SMILES string of the molecule is CC(C)Oc1ccc(NC(=S)N[C@H](C)c2ccc(N3CCCC3)cc2)cc1. The molecule has 0 unspecified atom stereocenters. The van der Waals surface area contributed by atoms with E-state index in [9.17, 15) is 0 Å². The van der Waals surface area contributed by atoms with Crippen LogP contribution in [0.1, 0.15) is 45.2 Å². The molecule has 5 heteroatoms. The van der Waals surface area contributed by atoms with Gasteiger partial charge >= 0.3 is 0 Å². The number of thiocarbonyl (C=S) groups is 1. The number of anilines is 2. The number of benzene rings is 2. The van der Waals surface area contributed by atoms with E-state index in [1.54, 1.807) is 0 Å². The minimum Gasteiger partial charge on any atom is -0.491 e. The highest BCUT2D eigenvalue weighted by Crippen LogP contribution is 2.23. The maximum absolute atomic E-state index is 5.66. The first-order valence-corrected chi connectivity index (χ1v) is 10.1. The van der Waals surface area contributed by atoms with Gasteiger partial charge in [-0.05, 0) is 87.8 Å². The van der Waals surface area contributed by atoms with Gasteiger partial charge in [0.05, 0.1) is 12.1 Å². The van der Waals surface area contributed by atoms with Gasteiger partial charge in [-0.15, -0.1) is 0 Å². The number of ether oxygens (including phenoxy) is 1. The first-order chi connectivity index (χ1) is 13.0. The van der Waals surface area contributed by atoms with E-state index in [4.69, 9.17) is 17.0 Å². The predicted molar refractivity (Wildman–Crippen MR) is 118 cm³/mol. The number of hydrogen-bond donors (Lipinski definition) is 2. The standard InChI is InChI=1S/C22H29N3OS/c1-16(2)26-21-12-8-19(9-13-21)24-22(27)23-17(3)18-6-10-20(11-7-18)25-14-4-5-15-25/h6-13,16-17H,4-5,14-15H2,1-3H3,(H2,23,24,27)/t17-/m1/s1. The smallest absolute Gasteiger partial charge is 0.171 e. The van der Waals surface area contributed by atoms with Crippen molar-refractivity contribution < 1.29 is 4.74 Å². The van der Waals surface area contributed by atoms with E-state index in [1.165, 1.54) is 37.2 Å². The lowest BCUT2D eigenvalue weighted by molar-refractivity contribution is 0.242. The van der Waals surface area contributed by atoms with Gasteiger partial charge < -0.3 is 20.3 Å². The van der Waals surface area contributed by atoms with Crippen molar-refractivity contribution in [2.24, 2.45) is 0 Å². The Morgan fingerprint density at radius 3 is 2.19 bits per heavy atom. The second-order valence-corrected chi connectivity index (χ2v) is 7.71. The molecular formula is C22H29N3OS. The summed E-state index contributed by atoms with van der Waals surface area (Å²) in [4.78, 5) is 2.45. The predicted octanol–water partition coefficient (Wildman–Crippen LogP) is 5.12. The fourth-order valence-corrected chi connectivity index (χ4v) is 3.58. The average Bonchev–Trinajstić information content (AvgIpc) is 3.18. The summed E-state index contributed by atoms with van der Waals surface area (Å²) in [5.41, 5.74) is 3.48. The lowest BCUT2D eigenvalue weighted by Gasteiger charge is -2.20. The lowest BCUT2D eigenvalue weighted by Crippen LogP contribution is -2.30. The lowest BCUT2D eigenvalue weighted by atomic mass is 10.1. The number of hydrogen-bond acceptors (Lipinski definition) is 3. The number of nitrogens with zero attached hydrogens (tertiary/aromatic N) is 1. The molecule has 1 atom stereocenters. The molecule has 144 valence electrons. The zero-order valence-corrected chi connectivity index (χ0v) is 17.2. The van der Waals surface area contributed by atoms with Crippen LogP contribution in [0.5, 0.6) is 5.75 Å². The van der Waals surface area contributed by atoms with E-state index in [0.717, 1.165) is 11.4 Å². The average molecular weight is 384 g/mol. The van der Waals surface area contributed by atoms with E-state index >= 15 is 0 Å². The molecule has 0 aliphatic carbocycles. The van der Waals surface area contributed by atoms with Crippen LogP contribution in [0.3, 0.4) is 0 Å². The Balaban J connectivity index is 1.52. The molecule has 1 saturated heterocycles. The summed E-state index contributed by atoms with van der Waals surface area (Å²) in [7, 11) is 0. The van der Waals surface area contributed by atoms with Crippen LogP contribution >= 0.6 is 12.2 Å². The third-order valence-corrected chi connectivity index (χ3v) is 4.92. The van der Waals surface area contributed by atoms with E-state index in [-0.39, 0.29) is 12.1 Å². The van der Waals surface area contributed by atoms with E-state index in [0.29, 0.717) is 5.11 Å². The van der Waals surface area contributed by atoms with Crippen molar-refractivity contribution in [2.45, 2.75) is 45.8 Å². The fourth-order valence-electron chi connectivity index (χ4n) is 3.29. The molecule has 27 heavy (non-hydrogen) atoms. The third-order valence-electron chi connectivity index (χ3n) is 4.70. The minimum atomic E-state index is 0.140. The Labute approximate surface area is 167 Å². The van der Waals surface area contributed by atoms with Crippen LogP contribution in [-0.2, 0) is 0 Å². The van der Waals surface area contributed by atoms with Gasteiger partial charge in [-0.3, -0.25) is 0 Å². The highest BCUT2D eigenvalue weighted by Gasteiger charge is 2.13. The molecule has 2 N–H and O–H groups in total. The molecule has 0 aromatic heterocycles. The number of rotatable bonds is 6. The molecule has 1 aliphatic rings. The van der Waals surface area contributed by atoms with Crippen LogP contribution < -0.4 is 20.3 Å². The molecule has 2 aromatic rings. The van der Waals surface area contributed by atoms with Crippen molar-refractivity contribution in [1.29, 1.82) is 0 Å². The second kappa shape index (κ2) is 9.09. The quantitative estimate of drug-likeness (QED) is 0.677. The molecule has 0 bridgehead atoms. The van der Waals surface area contributed by atoms with Gasteiger partial charge in [0, 0.05) is 24.5 Å². The van der Waals surface area contributed by atoms with Crippen LogP contribution in [0.25, 0.3) is 0 Å². The Bertz CT molecular complexity index is 737. The molecule has 0 radical (unpaired) electrons. The molecule has 0 spiro atoms. The largest absolute Gasteiger partial charge is 0.491 e. The van der Waals surface area contributed by atoms with Crippen LogP contribution in [0.15, 0.2) is 48.5 Å². The topological polar surface area (TPSA) is 36.5 Å². The minimum absolute atomic E-state index is 0.140. The third kappa shape index (κ3) is 5.60. The maximum atomic E-state index is 5.66. The zero-order chi connectivity index (χ0) is 19.2. The summed E-state index contributed by atoms with van der Waals surface area (Å²) in [5, 5.41) is 7.21. The molecule has 1 aliphatic heterocycles. The molecule has 0 saturated carbocycles. The summed E-state index contributed by atoms with van der Waals surface area (Å²) in [6.45, 7) is 8.50. The highest BCUT2D eigenvalue weighted by molar-refractivity contribution is 7.80. The monoisotopic (exact) mass is 383 g/mol. The summed E-state index contributed by atoms with van der Waals surface area (Å²) < 4.78 is 5.66. The van der Waals surface area contributed by atoms with Crippen molar-refractivity contribution in [3.8, 4) is 5.75 Å². The van der Waals surface area contributed by atoms with Crippen LogP contribution in [0.2, 0.25) is 0 Å². The van der Waals surface area contributed by atoms with Gasteiger partial charge in [0.2, 0.25) is 0 Å². The first kappa shape index (κ1) is 19.5. The van der Waals surface area contributed by atoms with Crippen molar-refractivity contribution in [3.05, 3.63) is 54.1 Å². The molecule has 1 heterocycles. The second-order valence-electron chi connectivity index (χ2n) is 7.30. The van der Waals surface area contributed by atoms with Crippen LogP contribution in [0, 0.1) is 0 Å². The van der Waals surface area contributed by atoms with Crippen LogP contribution in [-0.4, -0.2) is 24.3 Å². The number of nitrogens with one attached hydrogen (secondary N) is 2. The summed E-state index contributed by atoms with van der Waals surface area (Å²) >= 11 is 5.47. The summed E-state index contributed by atoms with van der Waals surface area (Å²) in [5.74, 6) is 0.862. The van der Waals surface area contributed by atoms with E-state index in [1.807, 2.05) is 38.1 Å². The zero-order valence-electron chi connectivity index (χ0n) is 16.4. The Morgan fingerprint density at radius 1 is 0.963 bits per heavy atom. The van der Waals surface area contributed by atoms with Crippen molar-refractivity contribution >= 4 is 28.7 Å². The summed E-state index contributed by atoms with van der Waals surface area (Å²) in [6.07, 6.45) is 2.76. The normalized spacial score (nSPS) is 14.9. The van der Waals surface area contributed by atoms with Crippen molar-refractivity contribution in [3.63, 3.8) is 0 Å². The van der Waals surface area contributed by atoms with Gasteiger partial charge in [0.1, 0.15) is 5.75 Å². The maximum Gasteiger partial charge on any atom is 0.171 e. The van der Waals surface area contributed by atoms with Gasteiger partial charge in [-0.2, -0.15) is 0 Å². The molecule has 0 amide bonds. The van der Waals surface area contributed by atoms with Crippen molar-refractivity contribution in [1.82, 2.24) is 5.32 Å². The van der Waals surface area contributed by atoms with Gasteiger partial charge in [-0.1, -0.05) is 12.1 Å². The molecule has 4 nitrogen and oxygen atoms in total. The summed E-state index contributed by atoms with van der Waals surface area (Å²) in [6, 6.07) is 16.8. The van der Waals surface area contributed by atoms with E-state index in [2.05, 4.69) is 46.7 Å². The Morgan fingerprint density at radius 2 is 1.59 bits per heavy atom. The molecule has 3 rings (SSSR count). The van der Waals surface area contributed by atoms with Gasteiger partial charge in [0.25, 0.3) is 0 Å². The van der Waals surface area contributed by atoms with Crippen molar-refractivity contribution in [2.75, 3.05) is 23.3 Å². The van der Waals surface area contributed by atoms with Gasteiger partial charge in [-0.25, -0.2) is 0 Å². The first-order valence-electron chi connectivity index (χ1n) is 9.70. The molecular weight excluding hydrogens is 354 g/mol. The Kier molecular flexibility index (Phi) is 6.56. The fraction of sp³-hybridized carbons (Fsp3) is 0.409. The van der Waals surface area contributed by atoms with Gasteiger partial charge in [0.15, 0.2) is 5.11 Å². The molecule has 1 fully saturated rings. The molecule has 2 aromatic carbocycles.